The molecule has 2 aliphatic rings. The molecule has 1 saturated carbocycles. The van der Waals surface area contributed by atoms with E-state index in [1.807, 2.05) is 11.8 Å². The van der Waals surface area contributed by atoms with Crippen molar-refractivity contribution in [1.29, 1.82) is 0 Å². The van der Waals surface area contributed by atoms with Gasteiger partial charge in [0.15, 0.2) is 11.6 Å². The van der Waals surface area contributed by atoms with Gasteiger partial charge in [-0.3, -0.25) is 0 Å². The zero-order valence-electron chi connectivity index (χ0n) is 19.9. The van der Waals surface area contributed by atoms with Crippen LogP contribution in [0.2, 0.25) is 0 Å². The van der Waals surface area contributed by atoms with Gasteiger partial charge in [0, 0.05) is 13.0 Å². The Morgan fingerprint density at radius 2 is 1.97 bits per heavy atom. The Morgan fingerprint density at radius 1 is 1.18 bits per heavy atom. The van der Waals surface area contributed by atoms with Crippen LogP contribution in [0.1, 0.15) is 63.7 Å². The number of thioether (sulfide) groups is 1. The summed E-state index contributed by atoms with van der Waals surface area (Å²) in [6.45, 7) is 3.02. The Kier molecular flexibility index (Phi) is 6.93. The van der Waals surface area contributed by atoms with Crippen molar-refractivity contribution in [3.05, 3.63) is 42.2 Å². The Bertz CT molecular complexity index is 1090. The van der Waals surface area contributed by atoms with E-state index in [1.54, 1.807) is 7.11 Å². The zero-order chi connectivity index (χ0) is 22.7. The van der Waals surface area contributed by atoms with Crippen LogP contribution < -0.4 is 4.74 Å². The Labute approximate surface area is 201 Å². The van der Waals surface area contributed by atoms with E-state index in [2.05, 4.69) is 48.0 Å². The molecule has 3 aromatic rings. The first-order chi connectivity index (χ1) is 16.2. The van der Waals surface area contributed by atoms with Crippen LogP contribution in [0.15, 0.2) is 36.4 Å². The summed E-state index contributed by atoms with van der Waals surface area (Å²) in [5.41, 5.74) is 1.07. The third-order valence-corrected chi connectivity index (χ3v) is 8.19. The molecule has 1 atom stereocenters. The summed E-state index contributed by atoms with van der Waals surface area (Å²) in [6, 6.07) is 13.1. The number of ether oxygens (including phenoxy) is 2. The number of rotatable bonds is 8. The summed E-state index contributed by atoms with van der Waals surface area (Å²) in [5, 5.41) is 7.48. The van der Waals surface area contributed by atoms with Gasteiger partial charge in [0.25, 0.3) is 0 Å². The molecule has 0 radical (unpaired) electrons. The number of nitrogens with zero attached hydrogens (tertiary/aromatic N) is 3. The topological polar surface area (TPSA) is 49.2 Å². The minimum atomic E-state index is 0.0392. The lowest BCUT2D eigenvalue weighted by Crippen LogP contribution is -2.38. The number of benzene rings is 2. The molecule has 1 saturated heterocycles. The molecule has 1 spiro atoms. The third-order valence-electron chi connectivity index (χ3n) is 7.20. The summed E-state index contributed by atoms with van der Waals surface area (Å²) in [5.74, 6) is 5.06. The van der Waals surface area contributed by atoms with Crippen molar-refractivity contribution in [2.24, 2.45) is 0 Å². The van der Waals surface area contributed by atoms with Gasteiger partial charge in [-0.05, 0) is 66.5 Å². The van der Waals surface area contributed by atoms with Crippen molar-refractivity contribution >= 4 is 22.5 Å². The fourth-order valence-electron chi connectivity index (χ4n) is 5.53. The zero-order valence-corrected chi connectivity index (χ0v) is 20.7. The molecule has 0 amide bonds. The highest BCUT2D eigenvalue weighted by Crippen LogP contribution is 2.45. The molecule has 176 valence electrons. The number of methoxy groups -OCH3 is 1. The van der Waals surface area contributed by atoms with Gasteiger partial charge in [0.05, 0.1) is 24.3 Å². The van der Waals surface area contributed by atoms with E-state index in [0.717, 1.165) is 66.8 Å². The van der Waals surface area contributed by atoms with Gasteiger partial charge in [0.2, 0.25) is 0 Å². The number of aryl methyl sites for hydroxylation is 1. The van der Waals surface area contributed by atoms with Crippen LogP contribution in [0.5, 0.6) is 5.75 Å². The van der Waals surface area contributed by atoms with Crippen molar-refractivity contribution in [2.45, 2.75) is 69.9 Å². The predicted octanol–water partition coefficient (Wildman–Crippen LogP) is 6.46. The average Bonchev–Trinajstić information content (AvgIpc) is 3.48. The van der Waals surface area contributed by atoms with Crippen molar-refractivity contribution in [3.8, 4) is 17.1 Å². The number of fused-ring (bicyclic) bond motifs is 1. The SMILES string of the molecule is CCSCCCc1nc(-c2cc3ccccc3cc2OC)n(C2CCOC3(CCCC3)C2)n1. The van der Waals surface area contributed by atoms with Crippen molar-refractivity contribution in [1.82, 2.24) is 14.8 Å². The first kappa shape index (κ1) is 22.7. The second-order valence-corrected chi connectivity index (χ2v) is 10.8. The molecule has 1 aromatic heterocycles. The molecule has 6 heteroatoms. The van der Waals surface area contributed by atoms with Crippen LogP contribution in [0.3, 0.4) is 0 Å². The quantitative estimate of drug-likeness (QED) is 0.358. The molecule has 1 aliphatic carbocycles. The van der Waals surface area contributed by atoms with Gasteiger partial charge < -0.3 is 9.47 Å². The first-order valence-electron chi connectivity index (χ1n) is 12.5. The summed E-state index contributed by atoms with van der Waals surface area (Å²) in [6.07, 6.45) is 8.93. The van der Waals surface area contributed by atoms with E-state index in [4.69, 9.17) is 19.6 Å². The molecular formula is C27H35N3O2S. The smallest absolute Gasteiger partial charge is 0.162 e. The van der Waals surface area contributed by atoms with Crippen LogP contribution in [-0.4, -0.2) is 45.6 Å². The molecule has 2 fully saturated rings. The molecule has 5 nitrogen and oxygen atoms in total. The van der Waals surface area contributed by atoms with Crippen LogP contribution >= 0.6 is 11.8 Å². The van der Waals surface area contributed by atoms with E-state index in [-0.39, 0.29) is 5.60 Å². The molecule has 1 unspecified atom stereocenters. The van der Waals surface area contributed by atoms with Gasteiger partial charge in [-0.15, -0.1) is 0 Å². The fourth-order valence-corrected chi connectivity index (χ4v) is 6.17. The Morgan fingerprint density at radius 3 is 2.73 bits per heavy atom. The van der Waals surface area contributed by atoms with Gasteiger partial charge in [-0.25, -0.2) is 9.67 Å². The second kappa shape index (κ2) is 10.1. The lowest BCUT2D eigenvalue weighted by molar-refractivity contribution is -0.0908. The van der Waals surface area contributed by atoms with E-state index in [9.17, 15) is 0 Å². The molecule has 5 rings (SSSR count). The predicted molar refractivity (Wildman–Crippen MR) is 136 cm³/mol. The van der Waals surface area contributed by atoms with Crippen LogP contribution in [0, 0.1) is 0 Å². The fraction of sp³-hybridized carbons (Fsp3) is 0.556. The molecule has 0 N–H and O–H groups in total. The lowest BCUT2D eigenvalue weighted by Gasteiger charge is -2.38. The maximum Gasteiger partial charge on any atom is 0.162 e. The monoisotopic (exact) mass is 465 g/mol. The Balaban J connectivity index is 1.54. The summed E-state index contributed by atoms with van der Waals surface area (Å²) in [4.78, 5) is 5.11. The first-order valence-corrected chi connectivity index (χ1v) is 13.6. The maximum atomic E-state index is 6.34. The van der Waals surface area contributed by atoms with Crippen molar-refractivity contribution in [3.63, 3.8) is 0 Å². The van der Waals surface area contributed by atoms with E-state index in [1.165, 1.54) is 36.5 Å². The highest BCUT2D eigenvalue weighted by Gasteiger charge is 2.41. The number of aromatic nitrogens is 3. The molecule has 1 aliphatic heterocycles. The molecule has 0 bridgehead atoms. The normalized spacial score (nSPS) is 20.0. The van der Waals surface area contributed by atoms with E-state index in [0.29, 0.717) is 6.04 Å². The van der Waals surface area contributed by atoms with Crippen LogP contribution in [0.4, 0.5) is 0 Å². The largest absolute Gasteiger partial charge is 0.496 e. The number of hydrogen-bond acceptors (Lipinski definition) is 5. The van der Waals surface area contributed by atoms with Gasteiger partial charge in [0.1, 0.15) is 5.75 Å². The summed E-state index contributed by atoms with van der Waals surface area (Å²) < 4.78 is 14.4. The second-order valence-electron chi connectivity index (χ2n) is 9.38. The average molecular weight is 466 g/mol. The van der Waals surface area contributed by atoms with Crippen molar-refractivity contribution in [2.75, 3.05) is 25.2 Å². The van der Waals surface area contributed by atoms with Gasteiger partial charge in [-0.1, -0.05) is 44.0 Å². The van der Waals surface area contributed by atoms with E-state index < -0.39 is 0 Å². The standard InChI is InChI=1S/C27H35N3O2S/c1-3-33-16-8-11-25-28-26(23-17-20-9-4-5-10-21(20)18-24(23)31-2)30(29-25)22-12-15-32-27(19-22)13-6-7-14-27/h4-5,9-10,17-18,22H,3,6-8,11-16,19H2,1-2H3. The summed E-state index contributed by atoms with van der Waals surface area (Å²) in [7, 11) is 1.75. The lowest BCUT2D eigenvalue weighted by atomic mass is 9.89. The molecular weight excluding hydrogens is 430 g/mol. The highest BCUT2D eigenvalue weighted by molar-refractivity contribution is 7.99. The third kappa shape index (κ3) is 4.78. The minimum absolute atomic E-state index is 0.0392. The molecule has 33 heavy (non-hydrogen) atoms. The summed E-state index contributed by atoms with van der Waals surface area (Å²) >= 11 is 1.98. The minimum Gasteiger partial charge on any atom is -0.496 e. The van der Waals surface area contributed by atoms with E-state index >= 15 is 0 Å². The van der Waals surface area contributed by atoms with Crippen molar-refractivity contribution < 1.29 is 9.47 Å². The maximum absolute atomic E-state index is 6.34. The molecule has 2 heterocycles. The number of hydrogen-bond donors (Lipinski definition) is 0. The Hall–Kier alpha value is -2.05. The van der Waals surface area contributed by atoms with Crippen LogP contribution in [-0.2, 0) is 11.2 Å². The van der Waals surface area contributed by atoms with Gasteiger partial charge in [-0.2, -0.15) is 16.9 Å². The molecule has 2 aromatic carbocycles. The van der Waals surface area contributed by atoms with Crippen LogP contribution in [0.25, 0.3) is 22.2 Å². The highest BCUT2D eigenvalue weighted by atomic mass is 32.2. The van der Waals surface area contributed by atoms with Gasteiger partial charge >= 0.3 is 0 Å².